The van der Waals surface area contributed by atoms with Crippen molar-refractivity contribution in [2.24, 2.45) is 0 Å². The lowest BCUT2D eigenvalue weighted by molar-refractivity contribution is -0.120. The van der Waals surface area contributed by atoms with Crippen molar-refractivity contribution < 1.29 is 9.53 Å². The van der Waals surface area contributed by atoms with Crippen molar-refractivity contribution in [2.45, 2.75) is 26.2 Å². The van der Waals surface area contributed by atoms with Gasteiger partial charge in [-0.1, -0.05) is 26.8 Å². The van der Waals surface area contributed by atoms with Crippen LogP contribution in [0.1, 0.15) is 26.3 Å². The van der Waals surface area contributed by atoms with Gasteiger partial charge in [0.15, 0.2) is 5.75 Å². The minimum absolute atomic E-state index is 0.116. The highest BCUT2D eigenvalue weighted by Gasteiger charge is 2.15. The third-order valence-electron chi connectivity index (χ3n) is 2.68. The fourth-order valence-electron chi connectivity index (χ4n) is 1.72. The van der Waals surface area contributed by atoms with Crippen LogP contribution >= 0.6 is 0 Å². The lowest BCUT2D eigenvalue weighted by Gasteiger charge is -2.18. The number of carbonyl (C=O) groups is 1. The highest BCUT2D eigenvalue weighted by Crippen LogP contribution is 2.30. The molecule has 0 atom stereocenters. The van der Waals surface area contributed by atoms with E-state index in [1.807, 2.05) is 6.07 Å². The van der Waals surface area contributed by atoms with Crippen LogP contribution in [0.5, 0.6) is 5.75 Å². The van der Waals surface area contributed by atoms with E-state index in [0.29, 0.717) is 12.2 Å². The lowest BCUT2D eigenvalue weighted by Crippen LogP contribution is -2.10. The van der Waals surface area contributed by atoms with Gasteiger partial charge < -0.3 is 9.72 Å². The number of benzene rings is 1. The van der Waals surface area contributed by atoms with E-state index in [1.165, 1.54) is 5.56 Å². The summed E-state index contributed by atoms with van der Waals surface area (Å²) < 4.78 is 4.87. The number of hydrogen-bond acceptors (Lipinski definition) is 2. The van der Waals surface area contributed by atoms with E-state index in [0.717, 1.165) is 10.9 Å². The third-order valence-corrected chi connectivity index (χ3v) is 2.68. The normalized spacial score (nSPS) is 11.7. The Morgan fingerprint density at radius 2 is 2.06 bits per heavy atom. The number of H-pyrrole nitrogens is 1. The van der Waals surface area contributed by atoms with Crippen molar-refractivity contribution in [3.8, 4) is 5.75 Å². The van der Waals surface area contributed by atoms with Gasteiger partial charge in [0.05, 0.1) is 0 Å². The van der Waals surface area contributed by atoms with E-state index in [2.05, 4.69) is 37.9 Å². The molecule has 84 valence electrons. The largest absolute Gasteiger partial charge is 0.426 e. The average Bonchev–Trinajstić information content (AvgIpc) is 2.60. The molecule has 2 rings (SSSR count). The van der Waals surface area contributed by atoms with Crippen molar-refractivity contribution in [3.05, 3.63) is 30.0 Å². The van der Waals surface area contributed by atoms with Crippen molar-refractivity contribution >= 4 is 17.4 Å². The molecule has 1 heterocycles. The minimum atomic E-state index is 0.116. The summed E-state index contributed by atoms with van der Waals surface area (Å²) in [7, 11) is 0. The second-order valence-corrected chi connectivity index (χ2v) is 4.88. The number of aromatic amines is 1. The lowest BCUT2D eigenvalue weighted by atomic mass is 9.87. The zero-order valence-corrected chi connectivity index (χ0v) is 9.70. The zero-order valence-electron chi connectivity index (χ0n) is 9.70. The van der Waals surface area contributed by atoms with Gasteiger partial charge in [0.1, 0.15) is 0 Å². The third kappa shape index (κ3) is 1.81. The van der Waals surface area contributed by atoms with Crippen LogP contribution in [0.4, 0.5) is 0 Å². The van der Waals surface area contributed by atoms with Gasteiger partial charge in [0.2, 0.25) is 0 Å². The summed E-state index contributed by atoms with van der Waals surface area (Å²) in [6.07, 6.45) is 1.70. The van der Waals surface area contributed by atoms with Gasteiger partial charge in [-0.05, 0) is 23.1 Å². The quantitative estimate of drug-likeness (QED) is 0.786. The van der Waals surface area contributed by atoms with E-state index in [-0.39, 0.29) is 5.41 Å². The monoisotopic (exact) mass is 217 g/mol. The molecule has 3 nitrogen and oxygen atoms in total. The number of nitrogens with one attached hydrogen (secondary N) is 1. The molecule has 2 aromatic rings. The van der Waals surface area contributed by atoms with E-state index in [9.17, 15) is 4.79 Å². The summed E-state index contributed by atoms with van der Waals surface area (Å²) in [5.74, 6) is 0.574. The van der Waals surface area contributed by atoms with Crippen molar-refractivity contribution in [1.82, 2.24) is 4.98 Å². The number of ether oxygens (including phenoxy) is 1. The van der Waals surface area contributed by atoms with Crippen LogP contribution in [0.3, 0.4) is 0 Å². The Morgan fingerprint density at radius 1 is 1.31 bits per heavy atom. The molecule has 1 aromatic heterocycles. The molecule has 0 radical (unpaired) electrons. The zero-order chi connectivity index (χ0) is 11.8. The van der Waals surface area contributed by atoms with E-state index in [4.69, 9.17) is 4.74 Å². The Balaban J connectivity index is 2.53. The summed E-state index contributed by atoms with van der Waals surface area (Å²) in [5, 5.41) is 0.931. The highest BCUT2D eigenvalue weighted by molar-refractivity contribution is 5.87. The second kappa shape index (κ2) is 3.67. The Hall–Kier alpha value is -1.77. The van der Waals surface area contributed by atoms with Crippen molar-refractivity contribution in [2.75, 3.05) is 0 Å². The summed E-state index contributed by atoms with van der Waals surface area (Å²) in [4.78, 5) is 13.4. The predicted octanol–water partition coefficient (Wildman–Crippen LogP) is 3.00. The average molecular weight is 217 g/mol. The fourth-order valence-corrected chi connectivity index (χ4v) is 1.72. The van der Waals surface area contributed by atoms with Crippen LogP contribution in [0.25, 0.3) is 10.9 Å². The molecular weight excluding hydrogens is 202 g/mol. The SMILES string of the molecule is CC(C)(C)c1ccc2c(OC=O)c[nH]c2c1. The first-order valence-corrected chi connectivity index (χ1v) is 5.24. The van der Waals surface area contributed by atoms with Gasteiger partial charge in [-0.15, -0.1) is 0 Å². The van der Waals surface area contributed by atoms with Crippen LogP contribution < -0.4 is 4.74 Å². The molecule has 3 heteroatoms. The molecule has 0 unspecified atom stereocenters. The van der Waals surface area contributed by atoms with Gasteiger partial charge >= 0.3 is 0 Å². The Kier molecular flexibility index (Phi) is 2.46. The molecule has 0 aliphatic carbocycles. The minimum Gasteiger partial charge on any atom is -0.426 e. The molecular formula is C13H15NO2. The molecule has 0 fully saturated rings. The Morgan fingerprint density at radius 3 is 2.69 bits per heavy atom. The number of carbonyl (C=O) groups excluding carboxylic acids is 1. The molecule has 0 aliphatic heterocycles. The van der Waals surface area contributed by atoms with E-state index >= 15 is 0 Å². The Labute approximate surface area is 94.4 Å². The standard InChI is InChI=1S/C13H15NO2/c1-13(2,3)9-4-5-10-11(6-9)14-7-12(10)16-8-15/h4-8,14H,1-3H3. The van der Waals surface area contributed by atoms with Crippen LogP contribution in [0, 0.1) is 0 Å². The molecule has 16 heavy (non-hydrogen) atoms. The van der Waals surface area contributed by atoms with Crippen LogP contribution in [0.15, 0.2) is 24.4 Å². The molecule has 0 aliphatic rings. The molecule has 0 saturated carbocycles. The maximum atomic E-state index is 10.3. The topological polar surface area (TPSA) is 42.1 Å². The van der Waals surface area contributed by atoms with Crippen molar-refractivity contribution in [3.63, 3.8) is 0 Å². The molecule has 1 N–H and O–H groups in total. The number of fused-ring (bicyclic) bond motifs is 1. The maximum Gasteiger partial charge on any atom is 0.298 e. The van der Waals surface area contributed by atoms with Crippen LogP contribution in [-0.2, 0) is 10.2 Å². The van der Waals surface area contributed by atoms with E-state index < -0.39 is 0 Å². The fraction of sp³-hybridized carbons (Fsp3) is 0.308. The summed E-state index contributed by atoms with van der Waals surface area (Å²) >= 11 is 0. The van der Waals surface area contributed by atoms with Gasteiger partial charge in [-0.25, -0.2) is 0 Å². The van der Waals surface area contributed by atoms with Gasteiger partial charge in [0.25, 0.3) is 6.47 Å². The molecule has 0 bridgehead atoms. The molecule has 0 spiro atoms. The number of rotatable bonds is 2. The highest BCUT2D eigenvalue weighted by atomic mass is 16.5. The smallest absolute Gasteiger partial charge is 0.298 e. The van der Waals surface area contributed by atoms with Crippen LogP contribution in [0.2, 0.25) is 0 Å². The predicted molar refractivity (Wildman–Crippen MR) is 63.7 cm³/mol. The maximum absolute atomic E-state index is 10.3. The first kappa shape index (κ1) is 10.7. The number of aromatic nitrogens is 1. The summed E-state index contributed by atoms with van der Waals surface area (Å²) in [6, 6.07) is 6.13. The molecule has 0 amide bonds. The first-order valence-electron chi connectivity index (χ1n) is 5.24. The molecule has 0 saturated heterocycles. The Bertz CT molecular complexity index is 520. The van der Waals surface area contributed by atoms with Gasteiger partial charge in [-0.3, -0.25) is 4.79 Å². The molecule has 1 aromatic carbocycles. The summed E-state index contributed by atoms with van der Waals surface area (Å²) in [5.41, 5.74) is 2.36. The van der Waals surface area contributed by atoms with Gasteiger partial charge in [-0.2, -0.15) is 0 Å². The van der Waals surface area contributed by atoms with E-state index in [1.54, 1.807) is 6.20 Å². The van der Waals surface area contributed by atoms with Crippen molar-refractivity contribution in [1.29, 1.82) is 0 Å². The van der Waals surface area contributed by atoms with Gasteiger partial charge in [0, 0.05) is 17.1 Å². The summed E-state index contributed by atoms with van der Waals surface area (Å²) in [6.45, 7) is 6.94. The second-order valence-electron chi connectivity index (χ2n) is 4.88. The number of hydrogen-bond donors (Lipinski definition) is 1. The van der Waals surface area contributed by atoms with Crippen LogP contribution in [-0.4, -0.2) is 11.5 Å². The first-order chi connectivity index (χ1) is 7.52.